The Balaban J connectivity index is 1.52. The Hall–Kier alpha value is -2.13. The summed E-state index contributed by atoms with van der Waals surface area (Å²) in [5, 5.41) is 5.66. The fourth-order valence-electron chi connectivity index (χ4n) is 2.91. The largest absolute Gasteiger partial charge is 0.366 e. The van der Waals surface area contributed by atoms with Crippen molar-refractivity contribution >= 4 is 57.3 Å². The van der Waals surface area contributed by atoms with Crippen molar-refractivity contribution < 1.29 is 14.4 Å². The van der Waals surface area contributed by atoms with Gasteiger partial charge in [0.1, 0.15) is 5.00 Å². The van der Waals surface area contributed by atoms with Gasteiger partial charge in [-0.15, -0.1) is 11.3 Å². The van der Waals surface area contributed by atoms with Crippen molar-refractivity contribution in [1.29, 1.82) is 0 Å². The highest BCUT2D eigenvalue weighted by molar-refractivity contribution is 7.14. The van der Waals surface area contributed by atoms with Gasteiger partial charge in [-0.05, 0) is 29.6 Å². The number of carbonyl (C=O) groups excluding carboxylic acids is 3. The van der Waals surface area contributed by atoms with Crippen LogP contribution in [0.5, 0.6) is 0 Å². The van der Waals surface area contributed by atoms with Crippen LogP contribution in [0.25, 0.3) is 0 Å². The number of halogens is 2. The Kier molecular flexibility index (Phi) is 6.56. The number of nitrogens with zero attached hydrogens (tertiary/aromatic N) is 2. The van der Waals surface area contributed by atoms with Gasteiger partial charge in [0.2, 0.25) is 5.91 Å². The number of thiophene rings is 1. The molecular weight excluding hydrogens is 423 g/mol. The van der Waals surface area contributed by atoms with Crippen LogP contribution < -0.4 is 11.1 Å². The normalized spacial score (nSPS) is 14.7. The predicted molar refractivity (Wildman–Crippen MR) is 110 cm³/mol. The van der Waals surface area contributed by atoms with Gasteiger partial charge in [0.15, 0.2) is 0 Å². The summed E-state index contributed by atoms with van der Waals surface area (Å²) in [5.74, 6) is -0.967. The molecule has 0 aliphatic carbocycles. The monoisotopic (exact) mass is 440 g/mol. The molecule has 1 aromatic heterocycles. The molecule has 0 bridgehead atoms. The van der Waals surface area contributed by atoms with E-state index < -0.39 is 5.91 Å². The number of hydrogen-bond acceptors (Lipinski definition) is 5. The lowest BCUT2D eigenvalue weighted by molar-refractivity contribution is -0.117. The number of nitrogens with one attached hydrogen (secondary N) is 1. The van der Waals surface area contributed by atoms with Crippen molar-refractivity contribution in [3.63, 3.8) is 0 Å². The van der Waals surface area contributed by atoms with E-state index in [4.69, 9.17) is 28.9 Å². The van der Waals surface area contributed by atoms with E-state index in [1.165, 1.54) is 11.3 Å². The maximum absolute atomic E-state index is 12.6. The van der Waals surface area contributed by atoms with Crippen LogP contribution in [0.4, 0.5) is 5.00 Å². The molecule has 3 rings (SSSR count). The maximum atomic E-state index is 12.6. The summed E-state index contributed by atoms with van der Waals surface area (Å²) < 4.78 is 0. The Morgan fingerprint density at radius 1 is 1.07 bits per heavy atom. The van der Waals surface area contributed by atoms with Gasteiger partial charge in [0.25, 0.3) is 11.8 Å². The number of nitrogens with two attached hydrogens (primary N) is 1. The van der Waals surface area contributed by atoms with E-state index in [9.17, 15) is 14.4 Å². The van der Waals surface area contributed by atoms with Gasteiger partial charge in [-0.2, -0.15) is 0 Å². The quantitative estimate of drug-likeness (QED) is 0.746. The Bertz CT molecular complexity index is 910. The van der Waals surface area contributed by atoms with Gasteiger partial charge in [-0.1, -0.05) is 23.2 Å². The highest BCUT2D eigenvalue weighted by atomic mass is 35.5. The van der Waals surface area contributed by atoms with Crippen LogP contribution >= 0.6 is 34.5 Å². The smallest absolute Gasteiger partial charge is 0.255 e. The highest BCUT2D eigenvalue weighted by Crippen LogP contribution is 2.24. The van der Waals surface area contributed by atoms with E-state index in [2.05, 4.69) is 5.32 Å². The molecule has 7 nitrogen and oxygen atoms in total. The average molecular weight is 441 g/mol. The zero-order chi connectivity index (χ0) is 20.3. The molecule has 0 saturated carbocycles. The van der Waals surface area contributed by atoms with Crippen molar-refractivity contribution in [2.45, 2.75) is 0 Å². The molecule has 1 aliphatic rings. The lowest BCUT2D eigenvalue weighted by Gasteiger charge is -2.34. The van der Waals surface area contributed by atoms with Gasteiger partial charge in [-0.3, -0.25) is 19.3 Å². The van der Waals surface area contributed by atoms with Gasteiger partial charge >= 0.3 is 0 Å². The number of rotatable bonds is 5. The predicted octanol–water partition coefficient (Wildman–Crippen LogP) is 2.55. The molecule has 3 amide bonds. The van der Waals surface area contributed by atoms with Crippen molar-refractivity contribution in [1.82, 2.24) is 9.80 Å². The second-order valence-electron chi connectivity index (χ2n) is 6.27. The number of amides is 3. The molecule has 2 aromatic rings. The molecule has 0 spiro atoms. The molecule has 0 radical (unpaired) electrons. The molecule has 2 heterocycles. The van der Waals surface area contributed by atoms with E-state index in [1.807, 2.05) is 4.90 Å². The molecule has 148 valence electrons. The van der Waals surface area contributed by atoms with Gasteiger partial charge in [0, 0.05) is 31.2 Å². The first-order chi connectivity index (χ1) is 13.3. The third-order valence-electron chi connectivity index (χ3n) is 4.37. The minimum absolute atomic E-state index is 0.157. The second kappa shape index (κ2) is 8.91. The van der Waals surface area contributed by atoms with Gasteiger partial charge in [0.05, 0.1) is 22.7 Å². The Labute approximate surface area is 176 Å². The van der Waals surface area contributed by atoms with E-state index in [0.717, 1.165) is 0 Å². The summed E-state index contributed by atoms with van der Waals surface area (Å²) in [6, 6.07) is 6.37. The van der Waals surface area contributed by atoms with Crippen LogP contribution in [0.2, 0.25) is 10.0 Å². The van der Waals surface area contributed by atoms with E-state index in [0.29, 0.717) is 52.4 Å². The van der Waals surface area contributed by atoms with Crippen LogP contribution in [-0.4, -0.2) is 60.2 Å². The minimum Gasteiger partial charge on any atom is -0.366 e. The molecule has 0 atom stereocenters. The molecule has 1 aromatic carbocycles. The summed E-state index contributed by atoms with van der Waals surface area (Å²) in [6.07, 6.45) is 0. The zero-order valence-corrected chi connectivity index (χ0v) is 17.1. The summed E-state index contributed by atoms with van der Waals surface area (Å²) >= 11 is 13.2. The lowest BCUT2D eigenvalue weighted by Crippen LogP contribution is -2.50. The standard InChI is InChI=1S/C18H18Cl2N4O3S/c19-11-1-2-12(14(20)9-11)18(27)24-6-4-23(5-7-24)10-15(25)22-17-13(16(21)26)3-8-28-17/h1-3,8-9H,4-7,10H2,(H2,21,26)(H,22,25). The van der Waals surface area contributed by atoms with Crippen LogP contribution in [0.3, 0.4) is 0 Å². The second-order valence-corrected chi connectivity index (χ2v) is 8.03. The third kappa shape index (κ3) is 4.82. The first kappa shape index (κ1) is 20.6. The third-order valence-corrected chi connectivity index (χ3v) is 5.75. The summed E-state index contributed by atoms with van der Waals surface area (Å²) in [4.78, 5) is 39.9. The van der Waals surface area contributed by atoms with Crippen molar-refractivity contribution in [2.75, 3.05) is 38.0 Å². The average Bonchev–Trinajstić information content (AvgIpc) is 3.10. The molecule has 1 saturated heterocycles. The summed E-state index contributed by atoms with van der Waals surface area (Å²) in [7, 11) is 0. The number of primary amides is 1. The number of carbonyl (C=O) groups is 3. The summed E-state index contributed by atoms with van der Waals surface area (Å²) in [5.41, 5.74) is 5.99. The van der Waals surface area contributed by atoms with Gasteiger partial charge < -0.3 is 16.0 Å². The minimum atomic E-state index is -0.579. The molecule has 1 aliphatic heterocycles. The number of hydrogen-bond donors (Lipinski definition) is 2. The van der Waals surface area contributed by atoms with E-state index >= 15 is 0 Å². The zero-order valence-electron chi connectivity index (χ0n) is 14.8. The van der Waals surface area contributed by atoms with Crippen molar-refractivity contribution in [3.8, 4) is 0 Å². The highest BCUT2D eigenvalue weighted by Gasteiger charge is 2.25. The van der Waals surface area contributed by atoms with Crippen LogP contribution in [0.15, 0.2) is 29.6 Å². The van der Waals surface area contributed by atoms with Crippen LogP contribution in [0.1, 0.15) is 20.7 Å². The van der Waals surface area contributed by atoms with Crippen LogP contribution in [-0.2, 0) is 4.79 Å². The Morgan fingerprint density at radius 3 is 2.43 bits per heavy atom. The molecule has 3 N–H and O–H groups in total. The fourth-order valence-corrected chi connectivity index (χ4v) is 4.21. The van der Waals surface area contributed by atoms with Crippen LogP contribution in [0, 0.1) is 0 Å². The fraction of sp³-hybridized carbons (Fsp3) is 0.278. The molecule has 10 heteroatoms. The SMILES string of the molecule is NC(=O)c1ccsc1NC(=O)CN1CCN(C(=O)c2ccc(Cl)cc2Cl)CC1. The number of anilines is 1. The Morgan fingerprint density at radius 2 is 1.79 bits per heavy atom. The first-order valence-corrected chi connectivity index (χ1v) is 10.1. The molecule has 1 fully saturated rings. The molecule has 28 heavy (non-hydrogen) atoms. The van der Waals surface area contributed by atoms with Crippen molar-refractivity contribution in [2.24, 2.45) is 5.73 Å². The van der Waals surface area contributed by atoms with E-state index in [-0.39, 0.29) is 18.4 Å². The first-order valence-electron chi connectivity index (χ1n) is 8.49. The van der Waals surface area contributed by atoms with E-state index in [1.54, 1.807) is 34.5 Å². The maximum Gasteiger partial charge on any atom is 0.255 e. The molecular formula is C18H18Cl2N4O3S. The number of piperazine rings is 1. The lowest BCUT2D eigenvalue weighted by atomic mass is 10.1. The molecule has 0 unspecified atom stereocenters. The summed E-state index contributed by atoms with van der Waals surface area (Å²) in [6.45, 7) is 2.24. The number of benzene rings is 1. The van der Waals surface area contributed by atoms with Gasteiger partial charge in [-0.25, -0.2) is 0 Å². The van der Waals surface area contributed by atoms with Crippen molar-refractivity contribution in [3.05, 3.63) is 50.8 Å². The topological polar surface area (TPSA) is 95.7 Å².